The fraction of sp³-hybridized carbons (Fsp3) is 0.667. The van der Waals surface area contributed by atoms with Gasteiger partial charge in [-0.25, -0.2) is 0 Å². The summed E-state index contributed by atoms with van der Waals surface area (Å²) in [4.78, 5) is 23.5. The Labute approximate surface area is 116 Å². The second-order valence-corrected chi connectivity index (χ2v) is 6.02. The van der Waals surface area contributed by atoms with Crippen molar-refractivity contribution in [3.63, 3.8) is 0 Å². The maximum absolute atomic E-state index is 12.3. The topological polar surface area (TPSA) is 84.0 Å². The summed E-state index contributed by atoms with van der Waals surface area (Å²) in [5.41, 5.74) is 0. The van der Waals surface area contributed by atoms with Gasteiger partial charge in [0.1, 0.15) is 11.0 Å². The van der Waals surface area contributed by atoms with Crippen molar-refractivity contribution in [3.05, 3.63) is 5.01 Å². The number of hydrogen-bond acceptors (Lipinski definition) is 5. The molecule has 104 valence electrons. The first-order chi connectivity index (χ1) is 9.06. The third-order valence-electron chi connectivity index (χ3n) is 3.27. The van der Waals surface area contributed by atoms with Crippen LogP contribution in [-0.2, 0) is 9.59 Å². The molecule has 1 atom stereocenters. The van der Waals surface area contributed by atoms with Crippen LogP contribution in [0.4, 0.5) is 5.13 Å². The van der Waals surface area contributed by atoms with Crippen molar-refractivity contribution < 1.29 is 9.59 Å². The van der Waals surface area contributed by atoms with Gasteiger partial charge in [0.2, 0.25) is 16.9 Å². The third-order valence-corrected chi connectivity index (χ3v) is 4.02. The zero-order valence-corrected chi connectivity index (χ0v) is 11.9. The highest BCUT2D eigenvalue weighted by molar-refractivity contribution is 7.15. The first-order valence-electron chi connectivity index (χ1n) is 6.44. The average Bonchev–Trinajstić information content (AvgIpc) is 2.97. The van der Waals surface area contributed by atoms with Crippen LogP contribution in [0.2, 0.25) is 0 Å². The fourth-order valence-electron chi connectivity index (χ4n) is 2.44. The Balaban J connectivity index is 2.04. The lowest BCUT2D eigenvalue weighted by molar-refractivity contribution is -0.126. The highest BCUT2D eigenvalue weighted by Gasteiger charge is 2.31. The van der Waals surface area contributed by atoms with E-state index in [2.05, 4.69) is 20.8 Å². The molecule has 2 rings (SSSR count). The van der Waals surface area contributed by atoms with Crippen molar-refractivity contribution in [1.29, 1.82) is 0 Å². The van der Waals surface area contributed by atoms with Gasteiger partial charge in [0, 0.05) is 6.92 Å². The van der Waals surface area contributed by atoms with Gasteiger partial charge < -0.3 is 5.32 Å². The van der Waals surface area contributed by atoms with Crippen LogP contribution < -0.4 is 10.6 Å². The van der Waals surface area contributed by atoms with Crippen molar-refractivity contribution in [2.45, 2.75) is 45.6 Å². The molecule has 0 spiro atoms. The van der Waals surface area contributed by atoms with Gasteiger partial charge in [0.25, 0.3) is 0 Å². The van der Waals surface area contributed by atoms with Crippen LogP contribution >= 0.6 is 11.3 Å². The molecule has 7 heteroatoms. The number of rotatable bonds is 4. The van der Waals surface area contributed by atoms with Crippen LogP contribution in [0.25, 0.3) is 0 Å². The van der Waals surface area contributed by atoms with Gasteiger partial charge in [-0.05, 0) is 25.7 Å². The molecule has 1 aromatic rings. The first kappa shape index (κ1) is 13.9. The Morgan fingerprint density at radius 3 is 2.53 bits per heavy atom. The molecule has 0 aliphatic heterocycles. The number of carbonyl (C=O) groups excluding carboxylic acids is 2. The van der Waals surface area contributed by atoms with Crippen LogP contribution in [0, 0.1) is 12.8 Å². The summed E-state index contributed by atoms with van der Waals surface area (Å²) < 4.78 is 0. The third kappa shape index (κ3) is 3.73. The summed E-state index contributed by atoms with van der Waals surface area (Å²) in [7, 11) is 0. The molecule has 0 aromatic carbocycles. The van der Waals surface area contributed by atoms with Gasteiger partial charge in [-0.1, -0.05) is 24.2 Å². The number of hydrogen-bond donors (Lipinski definition) is 2. The van der Waals surface area contributed by atoms with Crippen molar-refractivity contribution in [2.75, 3.05) is 5.32 Å². The summed E-state index contributed by atoms with van der Waals surface area (Å²) in [6.07, 6.45) is 4.19. The quantitative estimate of drug-likeness (QED) is 0.876. The molecule has 1 saturated carbocycles. The minimum absolute atomic E-state index is 0.180. The highest BCUT2D eigenvalue weighted by atomic mass is 32.1. The monoisotopic (exact) mass is 282 g/mol. The van der Waals surface area contributed by atoms with E-state index in [4.69, 9.17) is 0 Å². The van der Waals surface area contributed by atoms with Gasteiger partial charge in [0.05, 0.1) is 0 Å². The van der Waals surface area contributed by atoms with E-state index in [1.54, 1.807) is 0 Å². The molecule has 1 heterocycles. The van der Waals surface area contributed by atoms with E-state index in [0.29, 0.717) is 5.13 Å². The number of aryl methyl sites for hydroxylation is 1. The van der Waals surface area contributed by atoms with Crippen LogP contribution in [-0.4, -0.2) is 28.1 Å². The summed E-state index contributed by atoms with van der Waals surface area (Å²) in [6, 6.07) is -0.468. The summed E-state index contributed by atoms with van der Waals surface area (Å²) in [5.74, 6) is -0.156. The Morgan fingerprint density at radius 2 is 2.00 bits per heavy atom. The van der Waals surface area contributed by atoms with Gasteiger partial charge in [-0.3, -0.25) is 14.9 Å². The molecule has 1 aliphatic rings. The lowest BCUT2D eigenvalue weighted by Gasteiger charge is -2.22. The zero-order chi connectivity index (χ0) is 13.8. The Hall–Kier alpha value is -1.50. The minimum atomic E-state index is -0.468. The van der Waals surface area contributed by atoms with E-state index in [-0.39, 0.29) is 17.7 Å². The second kappa shape index (κ2) is 6.10. The predicted octanol–water partition coefficient (Wildman–Crippen LogP) is 1.48. The largest absolute Gasteiger partial charge is 0.344 e. The number of nitrogens with zero attached hydrogens (tertiary/aromatic N) is 2. The molecule has 0 bridgehead atoms. The van der Waals surface area contributed by atoms with Crippen LogP contribution in [0.1, 0.15) is 37.6 Å². The number of aromatic nitrogens is 2. The average molecular weight is 282 g/mol. The van der Waals surface area contributed by atoms with E-state index in [0.717, 1.165) is 30.7 Å². The summed E-state index contributed by atoms with van der Waals surface area (Å²) >= 11 is 1.33. The maximum atomic E-state index is 12.3. The zero-order valence-electron chi connectivity index (χ0n) is 11.1. The fourth-order valence-corrected chi connectivity index (χ4v) is 3.03. The molecule has 6 nitrogen and oxygen atoms in total. The number of anilines is 1. The standard InChI is InChI=1S/C12H18N4O2S/c1-7(17)13-10(9-5-3-4-6-9)11(18)14-12-16-15-8(2)19-12/h9-10H,3-6H2,1-2H3,(H,13,17)(H,14,16,18). The molecule has 19 heavy (non-hydrogen) atoms. The molecular weight excluding hydrogens is 264 g/mol. The number of nitrogens with one attached hydrogen (secondary N) is 2. The lowest BCUT2D eigenvalue weighted by atomic mass is 9.97. The Bertz CT molecular complexity index is 468. The molecule has 2 N–H and O–H groups in total. The van der Waals surface area contributed by atoms with Gasteiger partial charge in [-0.15, -0.1) is 10.2 Å². The molecular formula is C12H18N4O2S. The molecule has 2 amide bonds. The van der Waals surface area contributed by atoms with Crippen molar-refractivity contribution in [1.82, 2.24) is 15.5 Å². The molecule has 1 fully saturated rings. The first-order valence-corrected chi connectivity index (χ1v) is 7.26. The lowest BCUT2D eigenvalue weighted by Crippen LogP contribution is -2.47. The van der Waals surface area contributed by atoms with Crippen LogP contribution in [0.5, 0.6) is 0 Å². The van der Waals surface area contributed by atoms with E-state index in [9.17, 15) is 9.59 Å². The van der Waals surface area contributed by atoms with E-state index >= 15 is 0 Å². The smallest absolute Gasteiger partial charge is 0.249 e. The van der Waals surface area contributed by atoms with Crippen molar-refractivity contribution >= 4 is 28.3 Å². The van der Waals surface area contributed by atoms with Crippen molar-refractivity contribution in [3.8, 4) is 0 Å². The SMILES string of the molecule is CC(=O)NC(C(=O)Nc1nnc(C)s1)C1CCCC1. The number of amides is 2. The van der Waals surface area contributed by atoms with Gasteiger partial charge in [-0.2, -0.15) is 0 Å². The Kier molecular flexibility index (Phi) is 4.47. The molecule has 1 unspecified atom stereocenters. The van der Waals surface area contributed by atoms with E-state index in [1.807, 2.05) is 6.92 Å². The normalized spacial score (nSPS) is 17.2. The highest BCUT2D eigenvalue weighted by Crippen LogP contribution is 2.28. The number of carbonyl (C=O) groups is 2. The minimum Gasteiger partial charge on any atom is -0.344 e. The Morgan fingerprint density at radius 1 is 1.32 bits per heavy atom. The second-order valence-electron chi connectivity index (χ2n) is 4.84. The van der Waals surface area contributed by atoms with Gasteiger partial charge in [0.15, 0.2) is 0 Å². The summed E-state index contributed by atoms with van der Waals surface area (Å²) in [5, 5.41) is 14.5. The molecule has 1 aromatic heterocycles. The van der Waals surface area contributed by atoms with E-state index < -0.39 is 6.04 Å². The van der Waals surface area contributed by atoms with Crippen LogP contribution in [0.3, 0.4) is 0 Å². The van der Waals surface area contributed by atoms with E-state index in [1.165, 1.54) is 18.3 Å². The molecule has 0 saturated heterocycles. The molecule has 1 aliphatic carbocycles. The molecule has 0 radical (unpaired) electrons. The summed E-state index contributed by atoms with van der Waals surface area (Å²) in [6.45, 7) is 3.26. The van der Waals surface area contributed by atoms with Crippen LogP contribution in [0.15, 0.2) is 0 Å². The predicted molar refractivity (Wildman–Crippen MR) is 72.8 cm³/mol. The maximum Gasteiger partial charge on any atom is 0.249 e. The van der Waals surface area contributed by atoms with Crippen molar-refractivity contribution in [2.24, 2.45) is 5.92 Å². The van der Waals surface area contributed by atoms with Gasteiger partial charge >= 0.3 is 0 Å².